The first-order chi connectivity index (χ1) is 13.1. The molecule has 0 spiro atoms. The summed E-state index contributed by atoms with van der Waals surface area (Å²) in [5.41, 5.74) is 4.10. The summed E-state index contributed by atoms with van der Waals surface area (Å²) in [6, 6.07) is 23.3. The zero-order valence-electron chi connectivity index (χ0n) is 14.7. The average molecular weight is 356 g/mol. The highest BCUT2D eigenvalue weighted by atomic mass is 19.1. The van der Waals surface area contributed by atoms with Crippen LogP contribution in [0.25, 0.3) is 22.2 Å². The lowest BCUT2D eigenvalue weighted by Crippen LogP contribution is -2.14. The Morgan fingerprint density at radius 2 is 1.63 bits per heavy atom. The molecule has 3 aromatic carbocycles. The van der Waals surface area contributed by atoms with E-state index in [9.17, 15) is 9.18 Å². The molecule has 4 rings (SSSR count). The third kappa shape index (κ3) is 3.42. The summed E-state index contributed by atoms with van der Waals surface area (Å²) >= 11 is 0. The fourth-order valence-electron chi connectivity index (χ4n) is 2.99. The van der Waals surface area contributed by atoms with E-state index in [4.69, 9.17) is 0 Å². The molecule has 27 heavy (non-hydrogen) atoms. The Morgan fingerprint density at radius 1 is 0.926 bits per heavy atom. The molecule has 1 aromatic heterocycles. The summed E-state index contributed by atoms with van der Waals surface area (Å²) in [4.78, 5) is 17.6. The van der Waals surface area contributed by atoms with E-state index in [1.165, 1.54) is 12.1 Å². The highest BCUT2D eigenvalue weighted by Crippen LogP contribution is 2.26. The van der Waals surface area contributed by atoms with E-state index in [1.54, 1.807) is 18.2 Å². The molecule has 4 aromatic rings. The number of benzene rings is 3. The van der Waals surface area contributed by atoms with E-state index < -0.39 is 5.82 Å². The smallest absolute Gasteiger partial charge is 0.256 e. The molecule has 0 saturated heterocycles. The Morgan fingerprint density at radius 3 is 2.41 bits per heavy atom. The molecule has 0 aliphatic rings. The van der Waals surface area contributed by atoms with Gasteiger partial charge in [0.05, 0.1) is 22.5 Å². The largest absolute Gasteiger partial charge is 0.319 e. The normalized spacial score (nSPS) is 10.7. The number of rotatable bonds is 3. The second-order valence-corrected chi connectivity index (χ2v) is 6.37. The number of hydrogen-bond donors (Lipinski definition) is 1. The molecule has 0 fully saturated rings. The maximum Gasteiger partial charge on any atom is 0.256 e. The summed E-state index contributed by atoms with van der Waals surface area (Å²) in [7, 11) is 0. The number of halogens is 1. The predicted octanol–water partition coefficient (Wildman–Crippen LogP) is 5.60. The molecule has 1 heterocycles. The van der Waals surface area contributed by atoms with E-state index in [2.05, 4.69) is 10.3 Å². The van der Waals surface area contributed by atoms with Gasteiger partial charge in [-0.3, -0.25) is 4.79 Å². The number of nitrogens with one attached hydrogen (secondary N) is 1. The molecule has 1 N–H and O–H groups in total. The molecule has 4 heteroatoms. The number of carbonyl (C=O) groups is 1. The van der Waals surface area contributed by atoms with Crippen molar-refractivity contribution in [2.75, 3.05) is 5.32 Å². The second-order valence-electron chi connectivity index (χ2n) is 6.37. The van der Waals surface area contributed by atoms with Crippen LogP contribution in [0.1, 0.15) is 15.9 Å². The summed E-state index contributed by atoms with van der Waals surface area (Å²) in [6.07, 6.45) is 0. The SMILES string of the molecule is Cc1ccc(-c2cc(C(=O)Nc3ccccc3F)c3ccccc3n2)cc1. The van der Waals surface area contributed by atoms with Gasteiger partial charge in [0.2, 0.25) is 0 Å². The Kier molecular flexibility index (Phi) is 4.38. The van der Waals surface area contributed by atoms with Gasteiger partial charge in [0.25, 0.3) is 5.91 Å². The lowest BCUT2D eigenvalue weighted by Gasteiger charge is -2.11. The minimum atomic E-state index is -0.469. The van der Waals surface area contributed by atoms with E-state index in [1.807, 2.05) is 55.5 Å². The van der Waals surface area contributed by atoms with Gasteiger partial charge >= 0.3 is 0 Å². The maximum atomic E-state index is 13.9. The fourth-order valence-corrected chi connectivity index (χ4v) is 2.99. The van der Waals surface area contributed by atoms with Gasteiger partial charge in [-0.05, 0) is 31.2 Å². The van der Waals surface area contributed by atoms with E-state index in [0.29, 0.717) is 16.8 Å². The van der Waals surface area contributed by atoms with Gasteiger partial charge in [-0.25, -0.2) is 9.37 Å². The molecule has 3 nitrogen and oxygen atoms in total. The van der Waals surface area contributed by atoms with Crippen molar-refractivity contribution < 1.29 is 9.18 Å². The molecule has 0 aliphatic heterocycles. The molecular weight excluding hydrogens is 339 g/mol. The van der Waals surface area contributed by atoms with Crippen LogP contribution in [0.5, 0.6) is 0 Å². The maximum absolute atomic E-state index is 13.9. The van der Waals surface area contributed by atoms with Crippen LogP contribution < -0.4 is 5.32 Å². The van der Waals surface area contributed by atoms with Crippen LogP contribution in [0, 0.1) is 12.7 Å². The molecule has 1 amide bonds. The standard InChI is InChI=1S/C23H17FN2O/c1-15-10-12-16(13-11-15)22-14-18(17-6-2-4-8-20(17)25-22)23(27)26-21-9-5-3-7-19(21)24/h2-14H,1H3,(H,26,27). The average Bonchev–Trinajstić information content (AvgIpc) is 2.69. The van der Waals surface area contributed by atoms with Crippen LogP contribution in [0.4, 0.5) is 10.1 Å². The number of nitrogens with zero attached hydrogens (tertiary/aromatic N) is 1. The number of amides is 1. The molecule has 0 unspecified atom stereocenters. The van der Waals surface area contributed by atoms with Gasteiger partial charge in [0, 0.05) is 10.9 Å². The van der Waals surface area contributed by atoms with Gasteiger partial charge < -0.3 is 5.32 Å². The van der Waals surface area contributed by atoms with Gasteiger partial charge in [-0.2, -0.15) is 0 Å². The van der Waals surface area contributed by atoms with Crippen molar-refractivity contribution in [2.45, 2.75) is 6.92 Å². The van der Waals surface area contributed by atoms with Crippen molar-refractivity contribution in [3.63, 3.8) is 0 Å². The molecular formula is C23H17FN2O. The second kappa shape index (κ2) is 7.00. The summed E-state index contributed by atoms with van der Waals surface area (Å²) in [5, 5.41) is 3.39. The fraction of sp³-hybridized carbons (Fsp3) is 0.0435. The Balaban J connectivity index is 1.82. The van der Waals surface area contributed by atoms with Crippen LogP contribution in [-0.4, -0.2) is 10.9 Å². The monoisotopic (exact) mass is 356 g/mol. The third-order valence-corrected chi connectivity index (χ3v) is 4.43. The topological polar surface area (TPSA) is 42.0 Å². The van der Waals surface area contributed by atoms with Gasteiger partial charge in [-0.15, -0.1) is 0 Å². The molecule has 0 atom stereocenters. The highest BCUT2D eigenvalue weighted by Gasteiger charge is 2.15. The van der Waals surface area contributed by atoms with Crippen molar-refractivity contribution in [1.29, 1.82) is 0 Å². The number of anilines is 1. The van der Waals surface area contributed by atoms with E-state index in [0.717, 1.165) is 16.5 Å². The number of fused-ring (bicyclic) bond motifs is 1. The first-order valence-corrected chi connectivity index (χ1v) is 8.64. The van der Waals surface area contributed by atoms with Crippen LogP contribution in [0.3, 0.4) is 0 Å². The van der Waals surface area contributed by atoms with Crippen molar-refractivity contribution in [2.24, 2.45) is 0 Å². The number of aromatic nitrogens is 1. The Hall–Kier alpha value is -3.53. The van der Waals surface area contributed by atoms with Crippen LogP contribution in [0.15, 0.2) is 78.9 Å². The van der Waals surface area contributed by atoms with Crippen LogP contribution in [0.2, 0.25) is 0 Å². The molecule has 0 aliphatic carbocycles. The Labute approximate surface area is 156 Å². The highest BCUT2D eigenvalue weighted by molar-refractivity contribution is 6.13. The van der Waals surface area contributed by atoms with E-state index >= 15 is 0 Å². The van der Waals surface area contributed by atoms with Gasteiger partial charge in [0.15, 0.2) is 0 Å². The third-order valence-electron chi connectivity index (χ3n) is 4.43. The number of pyridine rings is 1. The molecule has 132 valence electrons. The summed E-state index contributed by atoms with van der Waals surface area (Å²) in [6.45, 7) is 2.02. The van der Waals surface area contributed by atoms with Crippen molar-refractivity contribution >= 4 is 22.5 Å². The minimum Gasteiger partial charge on any atom is -0.319 e. The molecule has 0 radical (unpaired) electrons. The number of para-hydroxylation sites is 2. The van der Waals surface area contributed by atoms with Crippen molar-refractivity contribution in [3.05, 3.63) is 95.8 Å². The lowest BCUT2D eigenvalue weighted by atomic mass is 10.0. The molecule has 0 saturated carbocycles. The van der Waals surface area contributed by atoms with Gasteiger partial charge in [-0.1, -0.05) is 60.2 Å². The predicted molar refractivity (Wildman–Crippen MR) is 106 cm³/mol. The summed E-state index contributed by atoms with van der Waals surface area (Å²) in [5.74, 6) is -0.838. The first kappa shape index (κ1) is 16.9. The molecule has 0 bridgehead atoms. The summed E-state index contributed by atoms with van der Waals surface area (Å²) < 4.78 is 13.9. The minimum absolute atomic E-state index is 0.153. The quantitative estimate of drug-likeness (QED) is 0.519. The van der Waals surface area contributed by atoms with E-state index in [-0.39, 0.29) is 11.6 Å². The van der Waals surface area contributed by atoms with Gasteiger partial charge in [0.1, 0.15) is 5.82 Å². The van der Waals surface area contributed by atoms with Crippen LogP contribution in [-0.2, 0) is 0 Å². The number of carbonyl (C=O) groups excluding carboxylic acids is 1. The zero-order chi connectivity index (χ0) is 18.8. The Bertz CT molecular complexity index is 1140. The number of hydrogen-bond acceptors (Lipinski definition) is 2. The van der Waals surface area contributed by atoms with Crippen molar-refractivity contribution in [1.82, 2.24) is 4.98 Å². The number of aryl methyl sites for hydroxylation is 1. The lowest BCUT2D eigenvalue weighted by molar-refractivity contribution is 0.102. The first-order valence-electron chi connectivity index (χ1n) is 8.64. The zero-order valence-corrected chi connectivity index (χ0v) is 14.7. The van der Waals surface area contributed by atoms with Crippen molar-refractivity contribution in [3.8, 4) is 11.3 Å². The van der Waals surface area contributed by atoms with Crippen LogP contribution >= 0.6 is 0 Å².